The molecule has 0 amide bonds. The number of hydrogen-bond acceptors (Lipinski definition) is 6. The summed E-state index contributed by atoms with van der Waals surface area (Å²) in [7, 11) is -7.33. The number of aromatic carboxylic acids is 1. The number of furan rings is 1. The largest absolute Gasteiger partial charge is 0.475 e. The van der Waals surface area contributed by atoms with Crippen molar-refractivity contribution in [2.24, 2.45) is 0 Å². The Bertz CT molecular complexity index is 641. The van der Waals surface area contributed by atoms with E-state index in [0.717, 1.165) is 18.4 Å². The average Bonchev–Trinajstić information content (AvgIpc) is 2.63. The van der Waals surface area contributed by atoms with Gasteiger partial charge < -0.3 is 9.52 Å². The third-order valence-corrected chi connectivity index (χ3v) is 4.10. The van der Waals surface area contributed by atoms with Crippen molar-refractivity contribution >= 4 is 25.8 Å². The SMILES string of the molecule is CS(=O)(=O)CCNS(=O)(=O)c1ccc(C(=O)O)o1. The molecular weight excluding hydrogens is 286 g/mol. The normalized spacial score (nSPS) is 12.5. The maximum absolute atomic E-state index is 11.6. The van der Waals surface area contributed by atoms with Gasteiger partial charge in [-0.3, -0.25) is 0 Å². The maximum Gasteiger partial charge on any atom is 0.371 e. The zero-order valence-electron chi connectivity index (χ0n) is 9.28. The summed E-state index contributed by atoms with van der Waals surface area (Å²) in [5, 5.41) is 7.98. The van der Waals surface area contributed by atoms with Crippen molar-refractivity contribution < 1.29 is 31.2 Å². The number of hydrogen-bond donors (Lipinski definition) is 2. The predicted octanol–water partition coefficient (Wildman–Crippen LogP) is -0.699. The van der Waals surface area contributed by atoms with Crippen LogP contribution in [0.4, 0.5) is 0 Å². The molecule has 1 aromatic rings. The Morgan fingerprint density at radius 2 is 1.94 bits per heavy atom. The monoisotopic (exact) mass is 297 g/mol. The number of carboxylic acids is 1. The smallest absolute Gasteiger partial charge is 0.371 e. The van der Waals surface area contributed by atoms with Crippen molar-refractivity contribution in [2.75, 3.05) is 18.6 Å². The summed E-state index contributed by atoms with van der Waals surface area (Å²) < 4.78 is 51.3. The minimum atomic E-state index is -4.04. The standard InChI is InChI=1S/C8H11NO7S2/c1-17(12,13)5-4-9-18(14,15)7-3-2-6(16-7)8(10)11/h2-3,9H,4-5H2,1H3,(H,10,11). The second-order valence-corrected chi connectivity index (χ2v) is 7.41. The maximum atomic E-state index is 11.6. The minimum absolute atomic E-state index is 0.315. The molecule has 0 spiro atoms. The molecule has 0 fully saturated rings. The van der Waals surface area contributed by atoms with Gasteiger partial charge in [0.1, 0.15) is 9.84 Å². The first-order valence-electron chi connectivity index (χ1n) is 4.62. The van der Waals surface area contributed by atoms with E-state index in [1.165, 1.54) is 0 Å². The minimum Gasteiger partial charge on any atom is -0.475 e. The number of nitrogens with one attached hydrogen (secondary N) is 1. The molecule has 0 unspecified atom stereocenters. The van der Waals surface area contributed by atoms with Gasteiger partial charge in [0.25, 0.3) is 10.0 Å². The first-order valence-corrected chi connectivity index (χ1v) is 8.17. The van der Waals surface area contributed by atoms with Gasteiger partial charge in [-0.2, -0.15) is 0 Å². The summed E-state index contributed by atoms with van der Waals surface area (Å²) in [6, 6.07) is 1.97. The highest BCUT2D eigenvalue weighted by atomic mass is 32.2. The van der Waals surface area contributed by atoms with Gasteiger partial charge in [-0.25, -0.2) is 26.4 Å². The molecule has 0 atom stereocenters. The third-order valence-electron chi connectivity index (χ3n) is 1.82. The van der Waals surface area contributed by atoms with Crippen LogP contribution in [0.3, 0.4) is 0 Å². The molecule has 8 nitrogen and oxygen atoms in total. The molecule has 0 aliphatic heterocycles. The van der Waals surface area contributed by atoms with E-state index in [0.29, 0.717) is 0 Å². The molecule has 0 aromatic carbocycles. The Labute approximate surface area is 104 Å². The molecule has 0 saturated heterocycles. The van der Waals surface area contributed by atoms with Crippen LogP contribution in [-0.4, -0.2) is 46.5 Å². The van der Waals surface area contributed by atoms with Crippen molar-refractivity contribution in [3.8, 4) is 0 Å². The number of carbonyl (C=O) groups is 1. The van der Waals surface area contributed by atoms with Crippen molar-refractivity contribution in [1.29, 1.82) is 0 Å². The van der Waals surface area contributed by atoms with E-state index in [9.17, 15) is 21.6 Å². The lowest BCUT2D eigenvalue weighted by Gasteiger charge is -2.02. The lowest BCUT2D eigenvalue weighted by Crippen LogP contribution is -2.28. The van der Waals surface area contributed by atoms with Crippen LogP contribution in [0.15, 0.2) is 21.6 Å². The summed E-state index contributed by atoms with van der Waals surface area (Å²) in [5.41, 5.74) is 0. The fourth-order valence-electron chi connectivity index (χ4n) is 1.01. The Morgan fingerprint density at radius 1 is 1.33 bits per heavy atom. The molecular formula is C8H11NO7S2. The van der Waals surface area contributed by atoms with E-state index >= 15 is 0 Å². The molecule has 0 aliphatic rings. The van der Waals surface area contributed by atoms with Crippen molar-refractivity contribution in [3.05, 3.63) is 17.9 Å². The first-order chi connectivity index (χ1) is 8.12. The zero-order valence-corrected chi connectivity index (χ0v) is 10.9. The molecule has 10 heteroatoms. The second kappa shape index (κ2) is 5.08. The van der Waals surface area contributed by atoms with E-state index < -0.39 is 36.7 Å². The fourth-order valence-corrected chi connectivity index (χ4v) is 2.57. The molecule has 102 valence electrons. The average molecular weight is 297 g/mol. The van der Waals surface area contributed by atoms with E-state index in [-0.39, 0.29) is 12.3 Å². The topological polar surface area (TPSA) is 131 Å². The Morgan fingerprint density at radius 3 is 2.39 bits per heavy atom. The molecule has 1 rings (SSSR count). The summed E-state index contributed by atoms with van der Waals surface area (Å²) in [4.78, 5) is 10.5. The Balaban J connectivity index is 2.77. The summed E-state index contributed by atoms with van der Waals surface area (Å²) in [6.45, 7) is -0.315. The van der Waals surface area contributed by atoms with Crippen LogP contribution >= 0.6 is 0 Å². The van der Waals surface area contributed by atoms with Crippen molar-refractivity contribution in [2.45, 2.75) is 5.09 Å². The van der Waals surface area contributed by atoms with Gasteiger partial charge in [0.2, 0.25) is 10.9 Å². The molecule has 0 bridgehead atoms. The van der Waals surface area contributed by atoms with Crippen LogP contribution in [0.5, 0.6) is 0 Å². The molecule has 0 saturated carbocycles. The third kappa shape index (κ3) is 4.13. The van der Waals surface area contributed by atoms with Crippen LogP contribution in [-0.2, 0) is 19.9 Å². The summed E-state index contributed by atoms with van der Waals surface area (Å²) in [5.74, 6) is -2.27. The van der Waals surface area contributed by atoms with Crippen LogP contribution in [0, 0.1) is 0 Å². The lowest BCUT2D eigenvalue weighted by atomic mass is 10.5. The number of sulfone groups is 1. The first kappa shape index (κ1) is 14.7. The fraction of sp³-hybridized carbons (Fsp3) is 0.375. The highest BCUT2D eigenvalue weighted by Gasteiger charge is 2.20. The quantitative estimate of drug-likeness (QED) is 0.709. The second-order valence-electron chi connectivity index (χ2n) is 3.45. The highest BCUT2D eigenvalue weighted by Crippen LogP contribution is 2.13. The lowest BCUT2D eigenvalue weighted by molar-refractivity contribution is 0.0656. The Hall–Kier alpha value is -1.39. The van der Waals surface area contributed by atoms with Crippen LogP contribution < -0.4 is 4.72 Å². The van der Waals surface area contributed by atoms with Gasteiger partial charge in [-0.1, -0.05) is 0 Å². The van der Waals surface area contributed by atoms with Crippen LogP contribution in [0.2, 0.25) is 0 Å². The van der Waals surface area contributed by atoms with Gasteiger partial charge >= 0.3 is 5.97 Å². The van der Waals surface area contributed by atoms with Gasteiger partial charge in [-0.15, -0.1) is 0 Å². The van der Waals surface area contributed by atoms with Crippen LogP contribution in [0.25, 0.3) is 0 Å². The van der Waals surface area contributed by atoms with Crippen molar-refractivity contribution in [1.82, 2.24) is 4.72 Å². The predicted molar refractivity (Wildman–Crippen MR) is 60.6 cm³/mol. The molecule has 1 heterocycles. The van der Waals surface area contributed by atoms with Gasteiger partial charge in [-0.05, 0) is 12.1 Å². The Kier molecular flexibility index (Phi) is 4.14. The summed E-state index contributed by atoms with van der Waals surface area (Å²) >= 11 is 0. The van der Waals surface area contributed by atoms with E-state index in [1.807, 2.05) is 4.72 Å². The molecule has 2 N–H and O–H groups in total. The van der Waals surface area contributed by atoms with Crippen LogP contribution in [0.1, 0.15) is 10.6 Å². The van der Waals surface area contributed by atoms with Gasteiger partial charge in [0.15, 0.2) is 0 Å². The van der Waals surface area contributed by atoms with Gasteiger partial charge in [0.05, 0.1) is 5.75 Å². The number of carboxylic acid groups (broad SMARTS) is 1. The number of sulfonamides is 1. The molecule has 0 aliphatic carbocycles. The van der Waals surface area contributed by atoms with Crippen molar-refractivity contribution in [3.63, 3.8) is 0 Å². The van der Waals surface area contributed by atoms with Gasteiger partial charge in [0, 0.05) is 12.8 Å². The summed E-state index contributed by atoms with van der Waals surface area (Å²) in [6.07, 6.45) is 0.969. The van der Waals surface area contributed by atoms with E-state index in [2.05, 4.69) is 4.42 Å². The zero-order chi connectivity index (χ0) is 14.0. The van der Waals surface area contributed by atoms with E-state index in [1.54, 1.807) is 0 Å². The van der Waals surface area contributed by atoms with E-state index in [4.69, 9.17) is 5.11 Å². The molecule has 0 radical (unpaired) electrons. The molecule has 18 heavy (non-hydrogen) atoms. The number of rotatable bonds is 6. The molecule has 1 aromatic heterocycles. The highest BCUT2D eigenvalue weighted by molar-refractivity contribution is 7.91.